The molecule has 166 valence electrons. The highest BCUT2D eigenvalue weighted by Gasteiger charge is 2.45. The molecule has 0 spiro atoms. The molecule has 0 saturated heterocycles. The monoisotopic (exact) mass is 457 g/mol. The Morgan fingerprint density at radius 1 is 1.28 bits per heavy atom. The van der Waals surface area contributed by atoms with Gasteiger partial charge in [0.05, 0.1) is 18.7 Å². The molecule has 6 nitrogen and oxygen atoms in total. The van der Waals surface area contributed by atoms with Crippen LogP contribution in [0.2, 0.25) is 5.02 Å². The quantitative estimate of drug-likeness (QED) is 0.466. The van der Waals surface area contributed by atoms with Crippen molar-refractivity contribution in [1.82, 2.24) is 4.90 Å². The van der Waals surface area contributed by atoms with Crippen LogP contribution in [-0.2, 0) is 4.79 Å². The molecule has 1 N–H and O–H groups in total. The van der Waals surface area contributed by atoms with Gasteiger partial charge in [0.15, 0.2) is 22.9 Å². The molecular weight excluding hydrogens is 437 g/mol. The molecule has 3 aromatic rings. The third kappa shape index (κ3) is 3.62. The molecule has 0 fully saturated rings. The summed E-state index contributed by atoms with van der Waals surface area (Å²) in [7, 11) is 1.44. The lowest BCUT2D eigenvalue weighted by Crippen LogP contribution is -2.32. The van der Waals surface area contributed by atoms with E-state index in [0.29, 0.717) is 28.2 Å². The van der Waals surface area contributed by atoms with E-state index in [1.165, 1.54) is 36.3 Å². The number of unbranched alkanes of at least 4 members (excludes halogenated alkanes) is 1. The van der Waals surface area contributed by atoms with E-state index in [1.54, 1.807) is 18.2 Å². The summed E-state index contributed by atoms with van der Waals surface area (Å²) in [5, 5.41) is 11.6. The summed E-state index contributed by atoms with van der Waals surface area (Å²) >= 11 is 6.10. The number of methoxy groups -OCH3 is 1. The Labute approximate surface area is 188 Å². The highest BCUT2D eigenvalue weighted by atomic mass is 35.5. The fraction of sp³-hybridized carbons (Fsp3) is 0.250. The van der Waals surface area contributed by atoms with Gasteiger partial charge in [-0.3, -0.25) is 9.59 Å². The maximum Gasteiger partial charge on any atom is 0.290 e. The average Bonchev–Trinajstić information content (AvgIpc) is 3.31. The number of carbonyl (C=O) groups is 2. The molecule has 4 rings (SSSR count). The van der Waals surface area contributed by atoms with E-state index in [2.05, 4.69) is 0 Å². The van der Waals surface area contributed by atoms with Crippen molar-refractivity contribution in [2.45, 2.75) is 25.8 Å². The smallest absolute Gasteiger partial charge is 0.290 e. The number of hydrogen-bond donors (Lipinski definition) is 1. The number of carbonyl (C=O) groups excluding carboxylic acids is 2. The van der Waals surface area contributed by atoms with Crippen LogP contribution < -0.4 is 4.74 Å². The number of ketones is 1. The first-order chi connectivity index (χ1) is 15.4. The van der Waals surface area contributed by atoms with Gasteiger partial charge in [-0.05, 0) is 24.6 Å². The van der Waals surface area contributed by atoms with Gasteiger partial charge in [0.25, 0.3) is 5.91 Å². The molecule has 0 radical (unpaired) electrons. The lowest BCUT2D eigenvalue weighted by Gasteiger charge is -2.26. The molecule has 8 heteroatoms. The van der Waals surface area contributed by atoms with Crippen LogP contribution in [-0.4, -0.2) is 35.4 Å². The van der Waals surface area contributed by atoms with E-state index >= 15 is 0 Å². The number of amides is 1. The number of hydrogen-bond acceptors (Lipinski definition) is 5. The van der Waals surface area contributed by atoms with Crippen LogP contribution in [0.3, 0.4) is 0 Å². The van der Waals surface area contributed by atoms with Crippen LogP contribution in [0.1, 0.15) is 41.9 Å². The van der Waals surface area contributed by atoms with Crippen LogP contribution >= 0.6 is 11.6 Å². The van der Waals surface area contributed by atoms with E-state index < -0.39 is 29.3 Å². The van der Waals surface area contributed by atoms with Crippen molar-refractivity contribution >= 4 is 34.3 Å². The highest BCUT2D eigenvalue weighted by molar-refractivity contribution is 6.31. The van der Waals surface area contributed by atoms with E-state index in [9.17, 15) is 19.1 Å². The molecule has 2 aromatic carbocycles. The zero-order valence-corrected chi connectivity index (χ0v) is 18.3. The van der Waals surface area contributed by atoms with Gasteiger partial charge in [-0.25, -0.2) is 4.39 Å². The Morgan fingerprint density at radius 3 is 2.72 bits per heavy atom. The second-order valence-electron chi connectivity index (χ2n) is 7.50. The molecule has 1 aromatic heterocycles. The first-order valence-electron chi connectivity index (χ1n) is 10.2. The predicted molar refractivity (Wildman–Crippen MR) is 118 cm³/mol. The number of halogens is 2. The van der Waals surface area contributed by atoms with Gasteiger partial charge in [-0.2, -0.15) is 0 Å². The zero-order chi connectivity index (χ0) is 23.0. The molecule has 0 saturated carbocycles. The van der Waals surface area contributed by atoms with Crippen LogP contribution in [0.25, 0.3) is 11.0 Å². The summed E-state index contributed by atoms with van der Waals surface area (Å²) in [6, 6.07) is 9.44. The van der Waals surface area contributed by atoms with Gasteiger partial charge in [0.1, 0.15) is 5.82 Å². The van der Waals surface area contributed by atoms with Crippen LogP contribution in [0.5, 0.6) is 5.75 Å². The Bertz CT molecular complexity index is 1250. The molecule has 32 heavy (non-hydrogen) atoms. The summed E-state index contributed by atoms with van der Waals surface area (Å²) in [6.07, 6.45) is 1.41. The first-order valence-corrected chi connectivity index (χ1v) is 10.6. The van der Waals surface area contributed by atoms with Crippen LogP contribution in [0.4, 0.5) is 4.39 Å². The number of aliphatic hydroxyl groups is 1. The van der Waals surface area contributed by atoms with Crippen molar-refractivity contribution in [1.29, 1.82) is 0 Å². The SMILES string of the molecule is CCCCN1C(=O)C(O)=C(C(=O)c2cc3cc(Cl)cc(OC)c3o2)C1c1ccccc1F. The van der Waals surface area contributed by atoms with Crippen molar-refractivity contribution in [3.8, 4) is 5.75 Å². The predicted octanol–water partition coefficient (Wildman–Crippen LogP) is 5.61. The van der Waals surface area contributed by atoms with Gasteiger partial charge in [-0.1, -0.05) is 43.1 Å². The average molecular weight is 458 g/mol. The van der Waals surface area contributed by atoms with Gasteiger partial charge < -0.3 is 19.2 Å². The largest absolute Gasteiger partial charge is 0.503 e. The standard InChI is InChI=1S/C24H21ClFNO5/c1-3-4-9-27-20(15-7-5-6-8-16(15)26)19(22(29)24(27)30)21(28)17-11-13-10-14(25)12-18(31-2)23(13)32-17/h5-8,10-12,20,29H,3-4,9H2,1-2H3. The minimum absolute atomic E-state index is 0.117. The molecule has 0 bridgehead atoms. The molecule has 0 aliphatic carbocycles. The normalized spacial score (nSPS) is 16.3. The third-order valence-electron chi connectivity index (χ3n) is 5.49. The second kappa shape index (κ2) is 8.67. The third-order valence-corrected chi connectivity index (χ3v) is 5.71. The van der Waals surface area contributed by atoms with Gasteiger partial charge in [-0.15, -0.1) is 0 Å². The number of furan rings is 1. The van der Waals surface area contributed by atoms with Gasteiger partial charge in [0, 0.05) is 28.6 Å². The van der Waals surface area contributed by atoms with Crippen molar-refractivity contribution in [2.24, 2.45) is 0 Å². The maximum absolute atomic E-state index is 14.7. The number of Topliss-reactive ketones (excluding diaryl/α,β-unsaturated/α-hetero) is 1. The van der Waals surface area contributed by atoms with Gasteiger partial charge >= 0.3 is 0 Å². The van der Waals surface area contributed by atoms with Crippen molar-refractivity contribution in [3.63, 3.8) is 0 Å². The highest BCUT2D eigenvalue weighted by Crippen LogP contribution is 2.41. The topological polar surface area (TPSA) is 80.0 Å². The Hall–Kier alpha value is -3.32. The van der Waals surface area contributed by atoms with Gasteiger partial charge in [0.2, 0.25) is 5.78 Å². The fourth-order valence-corrected chi connectivity index (χ4v) is 4.16. The zero-order valence-electron chi connectivity index (χ0n) is 17.5. The molecule has 1 unspecified atom stereocenters. The number of nitrogens with zero attached hydrogens (tertiary/aromatic N) is 1. The van der Waals surface area contributed by atoms with Crippen molar-refractivity contribution < 1.29 is 28.2 Å². The molecule has 1 amide bonds. The Morgan fingerprint density at radius 2 is 2.03 bits per heavy atom. The summed E-state index contributed by atoms with van der Waals surface area (Å²) in [4.78, 5) is 27.7. The summed E-state index contributed by atoms with van der Waals surface area (Å²) in [5.41, 5.74) is 0.205. The fourth-order valence-electron chi connectivity index (χ4n) is 3.95. The second-order valence-corrected chi connectivity index (χ2v) is 7.94. The lowest BCUT2D eigenvalue weighted by atomic mass is 9.94. The Kier molecular flexibility index (Phi) is 5.93. The number of benzene rings is 2. The summed E-state index contributed by atoms with van der Waals surface area (Å²) in [5.74, 6) is -2.49. The van der Waals surface area contributed by atoms with Crippen LogP contribution in [0, 0.1) is 5.82 Å². The van der Waals surface area contributed by atoms with Crippen molar-refractivity contribution in [3.05, 3.63) is 76.0 Å². The summed E-state index contributed by atoms with van der Waals surface area (Å²) in [6.45, 7) is 2.21. The lowest BCUT2D eigenvalue weighted by molar-refractivity contribution is -0.129. The van der Waals surface area contributed by atoms with Crippen LogP contribution in [0.15, 0.2) is 58.2 Å². The Balaban J connectivity index is 1.84. The molecule has 1 aliphatic rings. The molecular formula is C24H21ClFNO5. The number of fused-ring (bicyclic) bond motifs is 1. The van der Waals surface area contributed by atoms with E-state index in [4.69, 9.17) is 20.8 Å². The first kappa shape index (κ1) is 21.9. The number of rotatable bonds is 7. The molecule has 1 atom stereocenters. The number of ether oxygens (including phenoxy) is 1. The minimum Gasteiger partial charge on any atom is -0.503 e. The van der Waals surface area contributed by atoms with E-state index in [1.807, 2.05) is 6.92 Å². The van der Waals surface area contributed by atoms with E-state index in [-0.39, 0.29) is 23.4 Å². The summed E-state index contributed by atoms with van der Waals surface area (Å²) < 4.78 is 25.7. The molecule has 1 aliphatic heterocycles. The minimum atomic E-state index is -1.07. The number of aliphatic hydroxyl groups excluding tert-OH is 1. The van der Waals surface area contributed by atoms with E-state index in [0.717, 1.165) is 6.42 Å². The maximum atomic E-state index is 14.7. The van der Waals surface area contributed by atoms with Crippen molar-refractivity contribution in [2.75, 3.05) is 13.7 Å². The molecule has 2 heterocycles.